The maximum Gasteiger partial charge on any atom is 0.221 e. The van der Waals surface area contributed by atoms with Gasteiger partial charge in [0.25, 0.3) is 0 Å². The number of hydrogen-bond acceptors (Lipinski definition) is 7. The number of benzene rings is 3. The Hall–Kier alpha value is -4.56. The molecule has 0 radical (unpaired) electrons. The minimum atomic E-state index is -0.0966. The number of pyridine rings is 2. The van der Waals surface area contributed by atoms with E-state index in [1.54, 1.807) is 25.1 Å². The Kier molecular flexibility index (Phi) is 7.94. The van der Waals surface area contributed by atoms with Crippen LogP contribution in [0.2, 0.25) is 0 Å². The molecule has 0 aliphatic carbocycles. The molecule has 0 spiro atoms. The molecule has 0 saturated heterocycles. The standard InChI is InChI=1S/C31H28N4O3S/c1-20-7-13-27-28(15-16-32-31(27)33-20)35-29-18-25(38-19-22-5-4-6-24(17-22)37-3)10-14-30(29)39-26-11-8-23(9-12-26)34-21(2)36/h4-18H,19H2,1-3H3,(H,34,36)(H,32,33,35). The molecule has 2 aromatic heterocycles. The molecule has 5 rings (SSSR count). The van der Waals surface area contributed by atoms with Crippen molar-refractivity contribution in [3.63, 3.8) is 0 Å². The molecule has 0 bridgehead atoms. The van der Waals surface area contributed by atoms with E-state index < -0.39 is 0 Å². The second-order valence-corrected chi connectivity index (χ2v) is 10.0. The first kappa shape index (κ1) is 26.1. The minimum Gasteiger partial charge on any atom is -0.497 e. The number of aryl methyl sites for hydroxylation is 1. The Bertz CT molecular complexity index is 1620. The number of fused-ring (bicyclic) bond motifs is 1. The fourth-order valence-corrected chi connectivity index (χ4v) is 4.91. The molecular weight excluding hydrogens is 508 g/mol. The molecule has 196 valence electrons. The number of nitrogens with one attached hydrogen (secondary N) is 2. The normalized spacial score (nSPS) is 10.7. The average molecular weight is 537 g/mol. The Morgan fingerprint density at radius 2 is 1.77 bits per heavy atom. The van der Waals surface area contributed by atoms with Crippen LogP contribution in [0.4, 0.5) is 17.1 Å². The Balaban J connectivity index is 1.44. The molecule has 0 aliphatic rings. The van der Waals surface area contributed by atoms with Gasteiger partial charge < -0.3 is 20.1 Å². The molecule has 0 fully saturated rings. The van der Waals surface area contributed by atoms with E-state index in [1.165, 1.54) is 6.92 Å². The molecule has 2 N–H and O–H groups in total. The summed E-state index contributed by atoms with van der Waals surface area (Å²) in [6.07, 6.45) is 1.76. The predicted octanol–water partition coefficient (Wildman–Crippen LogP) is 7.38. The number of aromatic nitrogens is 2. The molecule has 5 aromatic rings. The van der Waals surface area contributed by atoms with Gasteiger partial charge in [0.05, 0.1) is 18.5 Å². The minimum absolute atomic E-state index is 0.0966. The predicted molar refractivity (Wildman–Crippen MR) is 156 cm³/mol. The van der Waals surface area contributed by atoms with Gasteiger partial charge >= 0.3 is 0 Å². The number of carbonyl (C=O) groups excluding carboxylic acids is 1. The van der Waals surface area contributed by atoms with Crippen LogP contribution in [0, 0.1) is 6.92 Å². The number of rotatable bonds is 9. The third-order valence-electron chi connectivity index (χ3n) is 5.91. The Labute approximate surface area is 231 Å². The van der Waals surface area contributed by atoms with E-state index in [2.05, 4.69) is 20.6 Å². The van der Waals surface area contributed by atoms with Crippen molar-refractivity contribution in [2.24, 2.45) is 0 Å². The van der Waals surface area contributed by atoms with Crippen LogP contribution in [-0.2, 0) is 11.4 Å². The summed E-state index contributed by atoms with van der Waals surface area (Å²) in [5.41, 5.74) is 5.18. The number of ether oxygens (including phenoxy) is 2. The van der Waals surface area contributed by atoms with Crippen molar-refractivity contribution in [1.82, 2.24) is 9.97 Å². The van der Waals surface area contributed by atoms with Gasteiger partial charge in [-0.2, -0.15) is 0 Å². The summed E-state index contributed by atoms with van der Waals surface area (Å²) in [5.74, 6) is 1.43. The van der Waals surface area contributed by atoms with Gasteiger partial charge in [-0.25, -0.2) is 9.97 Å². The monoisotopic (exact) mass is 536 g/mol. The van der Waals surface area contributed by atoms with Crippen molar-refractivity contribution < 1.29 is 14.3 Å². The van der Waals surface area contributed by atoms with Gasteiger partial charge in [-0.1, -0.05) is 23.9 Å². The zero-order chi connectivity index (χ0) is 27.2. The number of carbonyl (C=O) groups is 1. The molecular formula is C31H28N4O3S. The van der Waals surface area contributed by atoms with E-state index in [1.807, 2.05) is 91.9 Å². The first-order valence-corrected chi connectivity index (χ1v) is 13.2. The van der Waals surface area contributed by atoms with Crippen LogP contribution in [0.5, 0.6) is 11.5 Å². The lowest BCUT2D eigenvalue weighted by Crippen LogP contribution is -2.05. The lowest BCUT2D eigenvalue weighted by atomic mass is 10.2. The first-order chi connectivity index (χ1) is 19.0. The van der Waals surface area contributed by atoms with E-state index in [9.17, 15) is 4.79 Å². The fourth-order valence-electron chi connectivity index (χ4n) is 4.03. The molecule has 3 aromatic carbocycles. The fraction of sp³-hybridized carbons (Fsp3) is 0.129. The van der Waals surface area contributed by atoms with Crippen molar-refractivity contribution in [2.75, 3.05) is 17.7 Å². The summed E-state index contributed by atoms with van der Waals surface area (Å²) >= 11 is 1.62. The molecule has 0 atom stereocenters. The quantitative estimate of drug-likeness (QED) is 0.203. The van der Waals surface area contributed by atoms with E-state index in [0.717, 1.165) is 55.0 Å². The summed E-state index contributed by atoms with van der Waals surface area (Å²) in [4.78, 5) is 22.4. The second kappa shape index (κ2) is 11.9. The number of methoxy groups -OCH3 is 1. The van der Waals surface area contributed by atoms with Crippen LogP contribution in [0.1, 0.15) is 18.2 Å². The third kappa shape index (κ3) is 6.66. The molecule has 39 heavy (non-hydrogen) atoms. The van der Waals surface area contributed by atoms with Gasteiger partial charge in [0.15, 0.2) is 5.65 Å². The highest BCUT2D eigenvalue weighted by Crippen LogP contribution is 2.38. The van der Waals surface area contributed by atoms with E-state index in [4.69, 9.17) is 9.47 Å². The highest BCUT2D eigenvalue weighted by molar-refractivity contribution is 7.99. The number of amides is 1. The lowest BCUT2D eigenvalue weighted by Gasteiger charge is -2.16. The van der Waals surface area contributed by atoms with Gasteiger partial charge in [-0.05, 0) is 79.2 Å². The smallest absolute Gasteiger partial charge is 0.221 e. The number of nitrogens with zero attached hydrogens (tertiary/aromatic N) is 2. The molecule has 2 heterocycles. The molecule has 7 nitrogen and oxygen atoms in total. The Morgan fingerprint density at radius 1 is 0.923 bits per heavy atom. The van der Waals surface area contributed by atoms with Gasteiger partial charge in [-0.15, -0.1) is 0 Å². The number of hydrogen-bond donors (Lipinski definition) is 2. The highest BCUT2D eigenvalue weighted by atomic mass is 32.2. The maximum absolute atomic E-state index is 11.4. The summed E-state index contributed by atoms with van der Waals surface area (Å²) in [6.45, 7) is 3.86. The third-order valence-corrected chi connectivity index (χ3v) is 6.99. The van der Waals surface area contributed by atoms with E-state index in [0.29, 0.717) is 12.3 Å². The van der Waals surface area contributed by atoms with Crippen LogP contribution in [0.3, 0.4) is 0 Å². The summed E-state index contributed by atoms with van der Waals surface area (Å²) < 4.78 is 11.5. The van der Waals surface area contributed by atoms with Crippen LogP contribution in [0.15, 0.2) is 101 Å². The van der Waals surface area contributed by atoms with Gasteiger partial charge in [0, 0.05) is 45.7 Å². The van der Waals surface area contributed by atoms with E-state index >= 15 is 0 Å². The molecule has 0 aliphatic heterocycles. The summed E-state index contributed by atoms with van der Waals surface area (Å²) in [7, 11) is 1.65. The van der Waals surface area contributed by atoms with Crippen molar-refractivity contribution in [3.05, 3.63) is 102 Å². The van der Waals surface area contributed by atoms with Crippen molar-refractivity contribution in [1.29, 1.82) is 0 Å². The molecule has 0 unspecified atom stereocenters. The van der Waals surface area contributed by atoms with E-state index in [-0.39, 0.29) is 5.91 Å². The Morgan fingerprint density at radius 3 is 2.56 bits per heavy atom. The molecule has 1 amide bonds. The van der Waals surface area contributed by atoms with Crippen LogP contribution >= 0.6 is 11.8 Å². The van der Waals surface area contributed by atoms with Gasteiger partial charge in [0.2, 0.25) is 5.91 Å². The summed E-state index contributed by atoms with van der Waals surface area (Å²) in [5, 5.41) is 7.33. The SMILES string of the molecule is COc1cccc(COc2ccc(Sc3ccc(NC(C)=O)cc3)c(Nc3ccnc4nc(C)ccc34)c2)c1. The molecule has 8 heteroatoms. The highest BCUT2D eigenvalue weighted by Gasteiger charge is 2.11. The van der Waals surface area contributed by atoms with Crippen molar-refractivity contribution >= 4 is 45.8 Å². The summed E-state index contributed by atoms with van der Waals surface area (Å²) in [6, 6.07) is 27.6. The zero-order valence-corrected chi connectivity index (χ0v) is 22.7. The topological polar surface area (TPSA) is 85.4 Å². The second-order valence-electron chi connectivity index (χ2n) is 8.91. The first-order valence-electron chi connectivity index (χ1n) is 12.4. The average Bonchev–Trinajstić information content (AvgIpc) is 2.94. The lowest BCUT2D eigenvalue weighted by molar-refractivity contribution is -0.114. The maximum atomic E-state index is 11.4. The number of anilines is 3. The largest absolute Gasteiger partial charge is 0.497 e. The molecule has 0 saturated carbocycles. The van der Waals surface area contributed by atoms with Crippen molar-refractivity contribution in [2.45, 2.75) is 30.2 Å². The van der Waals surface area contributed by atoms with Crippen LogP contribution in [-0.4, -0.2) is 23.0 Å². The van der Waals surface area contributed by atoms with Crippen molar-refractivity contribution in [3.8, 4) is 11.5 Å². The van der Waals surface area contributed by atoms with Crippen LogP contribution < -0.4 is 20.1 Å². The van der Waals surface area contributed by atoms with Gasteiger partial charge in [-0.3, -0.25) is 4.79 Å². The zero-order valence-electron chi connectivity index (χ0n) is 21.9. The van der Waals surface area contributed by atoms with Crippen LogP contribution in [0.25, 0.3) is 11.0 Å². The van der Waals surface area contributed by atoms with Gasteiger partial charge in [0.1, 0.15) is 18.1 Å².